The maximum Gasteiger partial charge on any atom is 0.167 e. The van der Waals surface area contributed by atoms with E-state index in [4.69, 9.17) is 5.73 Å². The molecule has 3 rings (SSSR count). The zero-order chi connectivity index (χ0) is 13.6. The van der Waals surface area contributed by atoms with Crippen LogP contribution in [0.15, 0.2) is 36.5 Å². The van der Waals surface area contributed by atoms with E-state index in [0.717, 1.165) is 0 Å². The van der Waals surface area contributed by atoms with Crippen LogP contribution in [0.5, 0.6) is 0 Å². The average Bonchev–Trinajstić information content (AvgIpc) is 2.67. The van der Waals surface area contributed by atoms with Crippen LogP contribution in [0.4, 0.5) is 4.39 Å². The van der Waals surface area contributed by atoms with Gasteiger partial charge in [-0.1, -0.05) is 12.1 Å². The van der Waals surface area contributed by atoms with Gasteiger partial charge in [0.05, 0.1) is 11.2 Å². The summed E-state index contributed by atoms with van der Waals surface area (Å²) in [6.07, 6.45) is 1.73. The highest BCUT2D eigenvalue weighted by Gasteiger charge is 2.43. The summed E-state index contributed by atoms with van der Waals surface area (Å²) in [6.45, 7) is 1.69. The number of carbonyl (C=O) groups is 1. The Morgan fingerprint density at radius 1 is 1.37 bits per heavy atom. The van der Waals surface area contributed by atoms with E-state index < -0.39 is 5.54 Å². The maximum atomic E-state index is 13.7. The predicted molar refractivity (Wildman–Crippen MR) is 69.3 cm³/mol. The van der Waals surface area contributed by atoms with Crippen molar-refractivity contribution in [3.8, 4) is 0 Å². The number of benzene rings is 1. The van der Waals surface area contributed by atoms with Gasteiger partial charge < -0.3 is 5.73 Å². The molecule has 1 heterocycles. The van der Waals surface area contributed by atoms with Crippen molar-refractivity contribution in [2.24, 2.45) is 5.73 Å². The minimum absolute atomic E-state index is 0.0495. The number of Topliss-reactive ketones (excluding diaryl/α,β-unsaturated/α-hetero) is 1. The number of aryl methyl sites for hydroxylation is 1. The lowest BCUT2D eigenvalue weighted by atomic mass is 9.87. The molecule has 2 aromatic rings. The number of ketones is 1. The zero-order valence-corrected chi connectivity index (χ0v) is 10.5. The lowest BCUT2D eigenvalue weighted by Crippen LogP contribution is -2.36. The average molecular weight is 256 g/mol. The molecule has 1 aliphatic carbocycles. The molecule has 0 saturated heterocycles. The van der Waals surface area contributed by atoms with Gasteiger partial charge >= 0.3 is 0 Å². The van der Waals surface area contributed by atoms with Crippen molar-refractivity contribution in [1.82, 2.24) is 4.98 Å². The Morgan fingerprint density at radius 3 is 2.89 bits per heavy atom. The molecule has 0 unspecified atom stereocenters. The second-order valence-corrected chi connectivity index (χ2v) is 4.93. The van der Waals surface area contributed by atoms with Gasteiger partial charge in [0.25, 0.3) is 0 Å². The summed E-state index contributed by atoms with van der Waals surface area (Å²) in [6, 6.07) is 8.24. The normalized spacial score (nSPS) is 21.5. The molecular weight excluding hydrogens is 243 g/mol. The van der Waals surface area contributed by atoms with Crippen molar-refractivity contribution in [2.45, 2.75) is 18.9 Å². The number of rotatable bonds is 1. The number of hydrogen-bond acceptors (Lipinski definition) is 3. The molecule has 0 amide bonds. The summed E-state index contributed by atoms with van der Waals surface area (Å²) < 4.78 is 13.7. The highest BCUT2D eigenvalue weighted by molar-refractivity contribution is 6.02. The van der Waals surface area contributed by atoms with Crippen molar-refractivity contribution in [2.75, 3.05) is 0 Å². The van der Waals surface area contributed by atoms with E-state index in [-0.39, 0.29) is 18.0 Å². The van der Waals surface area contributed by atoms with E-state index in [2.05, 4.69) is 4.98 Å². The molecule has 0 saturated carbocycles. The lowest BCUT2D eigenvalue weighted by Gasteiger charge is -2.24. The second kappa shape index (κ2) is 3.96. The number of halogens is 1. The first kappa shape index (κ1) is 12.0. The standard InChI is InChI=1S/C15H13FN2O/c1-9-4-5-10(7-12(9)16)15(17)8-13(19)11-3-2-6-18-14(11)15/h2-7H,8,17H2,1H3/t15-/m0/s1. The van der Waals surface area contributed by atoms with E-state index in [0.29, 0.717) is 22.4 Å². The van der Waals surface area contributed by atoms with Crippen LogP contribution in [0.2, 0.25) is 0 Å². The van der Waals surface area contributed by atoms with Gasteiger partial charge in [-0.05, 0) is 36.2 Å². The number of fused-ring (bicyclic) bond motifs is 1. The fourth-order valence-electron chi connectivity index (χ4n) is 2.53. The van der Waals surface area contributed by atoms with Crippen molar-refractivity contribution in [3.05, 3.63) is 64.7 Å². The van der Waals surface area contributed by atoms with E-state index in [1.807, 2.05) is 0 Å². The molecule has 0 fully saturated rings. The molecule has 1 aliphatic rings. The van der Waals surface area contributed by atoms with Crippen LogP contribution in [0, 0.1) is 12.7 Å². The number of pyridine rings is 1. The minimum Gasteiger partial charge on any atom is -0.316 e. The molecule has 1 atom stereocenters. The van der Waals surface area contributed by atoms with Crippen molar-refractivity contribution >= 4 is 5.78 Å². The van der Waals surface area contributed by atoms with Crippen LogP contribution < -0.4 is 5.73 Å². The quantitative estimate of drug-likeness (QED) is 0.851. The van der Waals surface area contributed by atoms with Gasteiger partial charge in [-0.2, -0.15) is 0 Å². The summed E-state index contributed by atoms with van der Waals surface area (Å²) in [4.78, 5) is 16.2. The molecular formula is C15H13FN2O. The van der Waals surface area contributed by atoms with Crippen molar-refractivity contribution in [1.29, 1.82) is 0 Å². The summed E-state index contributed by atoms with van der Waals surface area (Å²) in [5.74, 6) is -0.370. The van der Waals surface area contributed by atoms with Crippen LogP contribution in [-0.4, -0.2) is 10.8 Å². The first-order valence-corrected chi connectivity index (χ1v) is 6.06. The molecule has 1 aromatic heterocycles. The summed E-state index contributed by atoms with van der Waals surface area (Å²) in [5.41, 5.74) is 7.53. The molecule has 0 spiro atoms. The Balaban J connectivity index is 2.19. The number of carbonyl (C=O) groups excluding carboxylic acids is 1. The molecule has 96 valence electrons. The van der Waals surface area contributed by atoms with Gasteiger partial charge in [-0.25, -0.2) is 4.39 Å². The Kier molecular flexibility index (Phi) is 2.50. The second-order valence-electron chi connectivity index (χ2n) is 4.93. The minimum atomic E-state index is -1.03. The SMILES string of the molecule is Cc1ccc([C@@]2(N)CC(=O)c3cccnc32)cc1F. The fourth-order valence-corrected chi connectivity index (χ4v) is 2.53. The van der Waals surface area contributed by atoms with Crippen LogP contribution in [0.1, 0.15) is 33.6 Å². The van der Waals surface area contributed by atoms with Gasteiger partial charge in [-0.15, -0.1) is 0 Å². The molecule has 0 radical (unpaired) electrons. The Bertz CT molecular complexity index is 684. The van der Waals surface area contributed by atoms with Crippen LogP contribution in [0.3, 0.4) is 0 Å². The highest BCUT2D eigenvalue weighted by Crippen LogP contribution is 2.38. The lowest BCUT2D eigenvalue weighted by molar-refractivity contribution is 0.0980. The third-order valence-electron chi connectivity index (χ3n) is 3.66. The summed E-state index contributed by atoms with van der Waals surface area (Å²) >= 11 is 0. The Labute approximate surface area is 110 Å². The first-order valence-electron chi connectivity index (χ1n) is 6.06. The van der Waals surface area contributed by atoms with Gasteiger partial charge in [0, 0.05) is 18.2 Å². The van der Waals surface area contributed by atoms with E-state index in [1.165, 1.54) is 6.07 Å². The molecule has 2 N–H and O–H groups in total. The van der Waals surface area contributed by atoms with Gasteiger partial charge in [0.15, 0.2) is 5.78 Å². The van der Waals surface area contributed by atoms with Gasteiger partial charge in [-0.3, -0.25) is 9.78 Å². The third-order valence-corrected chi connectivity index (χ3v) is 3.66. The molecule has 4 heteroatoms. The van der Waals surface area contributed by atoms with Gasteiger partial charge in [0.2, 0.25) is 0 Å². The van der Waals surface area contributed by atoms with Crippen LogP contribution in [0.25, 0.3) is 0 Å². The zero-order valence-electron chi connectivity index (χ0n) is 10.5. The van der Waals surface area contributed by atoms with Crippen LogP contribution in [-0.2, 0) is 5.54 Å². The third kappa shape index (κ3) is 1.68. The monoisotopic (exact) mass is 256 g/mol. The fraction of sp³-hybridized carbons (Fsp3) is 0.200. The molecule has 0 aliphatic heterocycles. The number of hydrogen-bond donors (Lipinski definition) is 1. The molecule has 19 heavy (non-hydrogen) atoms. The molecule has 1 aromatic carbocycles. The van der Waals surface area contributed by atoms with Gasteiger partial charge in [0.1, 0.15) is 5.82 Å². The first-order chi connectivity index (χ1) is 9.02. The Hall–Kier alpha value is -2.07. The highest BCUT2D eigenvalue weighted by atomic mass is 19.1. The molecule has 0 bridgehead atoms. The Morgan fingerprint density at radius 2 is 2.16 bits per heavy atom. The van der Waals surface area contributed by atoms with E-state index in [9.17, 15) is 9.18 Å². The summed E-state index contributed by atoms with van der Waals surface area (Å²) in [5, 5.41) is 0. The predicted octanol–water partition coefficient (Wildman–Crippen LogP) is 2.32. The smallest absolute Gasteiger partial charge is 0.167 e. The maximum absolute atomic E-state index is 13.7. The largest absolute Gasteiger partial charge is 0.316 e. The van der Waals surface area contributed by atoms with Crippen molar-refractivity contribution < 1.29 is 9.18 Å². The topological polar surface area (TPSA) is 56.0 Å². The van der Waals surface area contributed by atoms with Crippen molar-refractivity contribution in [3.63, 3.8) is 0 Å². The number of aromatic nitrogens is 1. The van der Waals surface area contributed by atoms with Crippen LogP contribution >= 0.6 is 0 Å². The summed E-state index contributed by atoms with van der Waals surface area (Å²) in [7, 11) is 0. The number of nitrogens with two attached hydrogens (primary N) is 1. The van der Waals surface area contributed by atoms with E-state index >= 15 is 0 Å². The number of nitrogens with zero attached hydrogens (tertiary/aromatic N) is 1. The van der Waals surface area contributed by atoms with E-state index in [1.54, 1.807) is 37.4 Å². The molecule has 3 nitrogen and oxygen atoms in total.